The van der Waals surface area contributed by atoms with E-state index in [4.69, 9.17) is 4.74 Å². The van der Waals surface area contributed by atoms with Crippen LogP contribution in [0.4, 0.5) is 0 Å². The largest absolute Gasteiger partial charge is 0.373 e. The molecule has 0 spiro atoms. The highest BCUT2D eigenvalue weighted by Gasteiger charge is 2.21. The molecule has 2 unspecified atom stereocenters. The monoisotopic (exact) mass is 338 g/mol. The smallest absolute Gasteiger partial charge is 0.233 e. The normalized spacial score (nSPS) is 23.4. The summed E-state index contributed by atoms with van der Waals surface area (Å²) in [5, 5.41) is 1.22. The average Bonchev–Trinajstić information content (AvgIpc) is 2.45. The van der Waals surface area contributed by atoms with Crippen LogP contribution >= 0.6 is 0 Å². The van der Waals surface area contributed by atoms with E-state index in [0.29, 0.717) is 13.1 Å². The molecule has 0 saturated carbocycles. The Kier molecular flexibility index (Phi) is 6.35. The second-order valence-corrected chi connectivity index (χ2v) is 7.82. The van der Waals surface area contributed by atoms with Crippen molar-refractivity contribution in [1.82, 2.24) is 9.62 Å². The van der Waals surface area contributed by atoms with Crippen LogP contribution in [0.2, 0.25) is 0 Å². The van der Waals surface area contributed by atoms with E-state index in [0.717, 1.165) is 24.2 Å². The van der Waals surface area contributed by atoms with E-state index in [1.54, 1.807) is 6.08 Å². The number of hydrogen-bond donors (Lipinski definition) is 1. The maximum Gasteiger partial charge on any atom is 0.233 e. The van der Waals surface area contributed by atoms with Crippen LogP contribution < -0.4 is 4.72 Å². The van der Waals surface area contributed by atoms with E-state index in [2.05, 4.69) is 9.62 Å². The highest BCUT2D eigenvalue weighted by Crippen LogP contribution is 2.10. The molecule has 1 saturated heterocycles. The molecule has 1 fully saturated rings. The van der Waals surface area contributed by atoms with Crippen molar-refractivity contribution in [2.75, 3.05) is 26.2 Å². The molecule has 1 N–H and O–H groups in total. The van der Waals surface area contributed by atoms with Crippen molar-refractivity contribution in [1.29, 1.82) is 0 Å². The summed E-state index contributed by atoms with van der Waals surface area (Å²) in [6.45, 7) is 8.85. The fraction of sp³-hybridized carbons (Fsp3) is 0.529. The van der Waals surface area contributed by atoms with Gasteiger partial charge in [0.25, 0.3) is 0 Å². The van der Waals surface area contributed by atoms with Gasteiger partial charge in [-0.15, -0.1) is 0 Å². The molecule has 2 atom stereocenters. The van der Waals surface area contributed by atoms with Gasteiger partial charge in [-0.2, -0.15) is 0 Å². The number of morpholine rings is 1. The first-order chi connectivity index (χ1) is 10.8. The Morgan fingerprint density at radius 1 is 1.22 bits per heavy atom. The lowest BCUT2D eigenvalue weighted by atomic mass is 10.2. The lowest BCUT2D eigenvalue weighted by Gasteiger charge is -2.35. The molecule has 1 aliphatic heterocycles. The molecule has 0 aromatic heterocycles. The van der Waals surface area contributed by atoms with Gasteiger partial charge in [0.2, 0.25) is 10.0 Å². The quantitative estimate of drug-likeness (QED) is 0.862. The number of nitrogens with one attached hydrogen (secondary N) is 1. The minimum absolute atomic E-state index is 0.191. The predicted molar refractivity (Wildman–Crippen MR) is 93.6 cm³/mol. The molecule has 23 heavy (non-hydrogen) atoms. The molecule has 0 bridgehead atoms. The predicted octanol–water partition coefficient (Wildman–Crippen LogP) is 1.99. The van der Waals surface area contributed by atoms with Gasteiger partial charge in [0.15, 0.2) is 0 Å². The first-order valence-electron chi connectivity index (χ1n) is 7.96. The Balaban J connectivity index is 1.80. The van der Waals surface area contributed by atoms with Crippen LogP contribution in [0, 0.1) is 6.92 Å². The van der Waals surface area contributed by atoms with Crippen molar-refractivity contribution in [3.63, 3.8) is 0 Å². The minimum atomic E-state index is -3.41. The summed E-state index contributed by atoms with van der Waals surface area (Å²) in [6.07, 6.45) is 1.99. The zero-order valence-corrected chi connectivity index (χ0v) is 14.8. The zero-order valence-electron chi connectivity index (χ0n) is 14.0. The first kappa shape index (κ1) is 18.1. The molecule has 0 radical (unpaired) electrons. The van der Waals surface area contributed by atoms with Gasteiger partial charge < -0.3 is 4.74 Å². The fourth-order valence-corrected chi connectivity index (χ4v) is 3.52. The lowest BCUT2D eigenvalue weighted by molar-refractivity contribution is -0.0671. The highest BCUT2D eigenvalue weighted by atomic mass is 32.2. The zero-order chi connectivity index (χ0) is 16.9. The summed E-state index contributed by atoms with van der Waals surface area (Å²) < 4.78 is 32.3. The SMILES string of the molecule is Cc1ccc(C=CS(=O)(=O)NCCN2CC(C)OC(C)C2)cc1. The third-order valence-corrected chi connectivity index (χ3v) is 4.84. The van der Waals surface area contributed by atoms with Crippen molar-refractivity contribution in [3.05, 3.63) is 40.8 Å². The maximum atomic E-state index is 12.0. The third kappa shape index (κ3) is 6.43. The van der Waals surface area contributed by atoms with Crippen LogP contribution in [0.5, 0.6) is 0 Å². The summed E-state index contributed by atoms with van der Waals surface area (Å²) in [5.41, 5.74) is 2.02. The molecule has 0 amide bonds. The van der Waals surface area contributed by atoms with Gasteiger partial charge in [-0.25, -0.2) is 13.1 Å². The van der Waals surface area contributed by atoms with Crippen molar-refractivity contribution < 1.29 is 13.2 Å². The maximum absolute atomic E-state index is 12.0. The average molecular weight is 338 g/mol. The van der Waals surface area contributed by atoms with E-state index in [1.165, 1.54) is 5.41 Å². The van der Waals surface area contributed by atoms with Gasteiger partial charge in [0.05, 0.1) is 12.2 Å². The number of ether oxygens (including phenoxy) is 1. The number of nitrogens with zero attached hydrogens (tertiary/aromatic N) is 1. The number of sulfonamides is 1. The van der Waals surface area contributed by atoms with Gasteiger partial charge in [0.1, 0.15) is 0 Å². The number of rotatable bonds is 6. The molecule has 0 aliphatic carbocycles. The second kappa shape index (κ2) is 8.06. The Hall–Kier alpha value is -1.21. The van der Waals surface area contributed by atoms with E-state index in [9.17, 15) is 8.42 Å². The van der Waals surface area contributed by atoms with Gasteiger partial charge >= 0.3 is 0 Å². The Morgan fingerprint density at radius 3 is 2.43 bits per heavy atom. The highest BCUT2D eigenvalue weighted by molar-refractivity contribution is 7.92. The van der Waals surface area contributed by atoms with Gasteiger partial charge in [-0.1, -0.05) is 29.8 Å². The van der Waals surface area contributed by atoms with Crippen LogP contribution in [0.15, 0.2) is 29.7 Å². The molecule has 6 heteroatoms. The van der Waals surface area contributed by atoms with Crippen molar-refractivity contribution in [3.8, 4) is 0 Å². The second-order valence-electron chi connectivity index (χ2n) is 6.17. The van der Waals surface area contributed by atoms with Crippen LogP contribution in [0.1, 0.15) is 25.0 Å². The summed E-state index contributed by atoms with van der Waals surface area (Å²) in [7, 11) is -3.41. The van der Waals surface area contributed by atoms with Crippen molar-refractivity contribution >= 4 is 16.1 Å². The number of hydrogen-bond acceptors (Lipinski definition) is 4. The molecule has 1 aliphatic rings. The first-order valence-corrected chi connectivity index (χ1v) is 9.51. The molecule has 1 aromatic rings. The fourth-order valence-electron chi connectivity index (χ4n) is 2.71. The van der Waals surface area contributed by atoms with Crippen LogP contribution in [-0.4, -0.2) is 51.7 Å². The van der Waals surface area contributed by atoms with Gasteiger partial charge in [0, 0.05) is 31.6 Å². The Labute approximate surface area is 139 Å². The molecule has 2 rings (SSSR count). The van der Waals surface area contributed by atoms with Crippen molar-refractivity contribution in [2.45, 2.75) is 33.0 Å². The van der Waals surface area contributed by atoms with Gasteiger partial charge in [-0.3, -0.25) is 4.90 Å². The Bertz CT molecular complexity index is 616. The molecule has 128 valence electrons. The molecule has 1 aromatic carbocycles. The number of benzene rings is 1. The van der Waals surface area contributed by atoms with E-state index >= 15 is 0 Å². The van der Waals surface area contributed by atoms with Crippen LogP contribution in [-0.2, 0) is 14.8 Å². The molecular weight excluding hydrogens is 312 g/mol. The molecule has 5 nitrogen and oxygen atoms in total. The van der Waals surface area contributed by atoms with Crippen molar-refractivity contribution in [2.24, 2.45) is 0 Å². The summed E-state index contributed by atoms with van der Waals surface area (Å²) in [5.74, 6) is 0. The molecular formula is C17H26N2O3S. The summed E-state index contributed by atoms with van der Waals surface area (Å²) >= 11 is 0. The standard InChI is InChI=1S/C17H26N2O3S/c1-14-4-6-17(7-5-14)8-11-23(20,21)18-9-10-19-12-15(2)22-16(3)13-19/h4-8,11,15-16,18H,9-10,12-13H2,1-3H3. The van der Waals surface area contributed by atoms with Gasteiger partial charge in [-0.05, 0) is 32.4 Å². The summed E-state index contributed by atoms with van der Waals surface area (Å²) in [4.78, 5) is 2.23. The number of aryl methyl sites for hydroxylation is 1. The van der Waals surface area contributed by atoms with Crippen LogP contribution in [0.25, 0.3) is 6.08 Å². The Morgan fingerprint density at radius 2 is 1.83 bits per heavy atom. The third-order valence-electron chi connectivity index (χ3n) is 3.74. The van der Waals surface area contributed by atoms with E-state index in [1.807, 2.05) is 45.0 Å². The lowest BCUT2D eigenvalue weighted by Crippen LogP contribution is -2.47. The van der Waals surface area contributed by atoms with E-state index < -0.39 is 10.0 Å². The van der Waals surface area contributed by atoms with E-state index in [-0.39, 0.29) is 12.2 Å². The summed E-state index contributed by atoms with van der Waals surface area (Å²) in [6, 6.07) is 7.72. The van der Waals surface area contributed by atoms with Crippen LogP contribution in [0.3, 0.4) is 0 Å². The minimum Gasteiger partial charge on any atom is -0.373 e. The molecule has 1 heterocycles. The topological polar surface area (TPSA) is 58.6 Å².